The van der Waals surface area contributed by atoms with Crippen LogP contribution in [0.4, 0.5) is 15.6 Å². The van der Waals surface area contributed by atoms with Crippen molar-refractivity contribution in [3.05, 3.63) is 29.8 Å². The van der Waals surface area contributed by atoms with E-state index < -0.39 is 11.3 Å². The molecule has 140 valence electrons. The fourth-order valence-electron chi connectivity index (χ4n) is 1.97. The Morgan fingerprint density at radius 2 is 1.85 bits per heavy atom. The number of rotatable bonds is 7. The molecule has 3 amide bonds. The van der Waals surface area contributed by atoms with Crippen molar-refractivity contribution < 1.29 is 9.59 Å². The second kappa shape index (κ2) is 9.54. The van der Waals surface area contributed by atoms with Crippen molar-refractivity contribution in [1.29, 1.82) is 0 Å². The van der Waals surface area contributed by atoms with E-state index in [0.717, 1.165) is 12.1 Å². The minimum absolute atomic E-state index is 0.0334. The molecule has 26 heavy (non-hydrogen) atoms. The van der Waals surface area contributed by atoms with Crippen LogP contribution in [0.1, 0.15) is 33.3 Å². The first kappa shape index (κ1) is 20.2. The van der Waals surface area contributed by atoms with Crippen LogP contribution < -0.4 is 16.0 Å². The maximum Gasteiger partial charge on any atom is 0.321 e. The van der Waals surface area contributed by atoms with Crippen molar-refractivity contribution in [1.82, 2.24) is 20.8 Å². The van der Waals surface area contributed by atoms with Crippen LogP contribution >= 0.6 is 23.1 Å². The summed E-state index contributed by atoms with van der Waals surface area (Å²) >= 11 is 2.62. The third kappa shape index (κ3) is 6.30. The van der Waals surface area contributed by atoms with Crippen LogP contribution in [-0.2, 0) is 11.2 Å². The summed E-state index contributed by atoms with van der Waals surface area (Å²) in [6.45, 7) is 7.49. The average Bonchev–Trinajstić information content (AvgIpc) is 3.01. The molecule has 0 spiro atoms. The molecule has 0 fully saturated rings. The molecule has 0 aliphatic rings. The number of imide groups is 1. The zero-order valence-electron chi connectivity index (χ0n) is 15.2. The molecule has 3 N–H and O–H groups in total. The van der Waals surface area contributed by atoms with E-state index in [4.69, 9.17) is 0 Å². The normalized spacial score (nSPS) is 11.9. The van der Waals surface area contributed by atoms with E-state index in [1.54, 1.807) is 6.92 Å². The molecule has 1 atom stereocenters. The van der Waals surface area contributed by atoms with Crippen molar-refractivity contribution in [2.75, 3.05) is 5.32 Å². The molecule has 0 saturated carbocycles. The van der Waals surface area contributed by atoms with E-state index >= 15 is 0 Å². The minimum atomic E-state index is -0.493. The first-order valence-electron chi connectivity index (χ1n) is 8.34. The van der Waals surface area contributed by atoms with Crippen molar-refractivity contribution in [3.63, 3.8) is 0 Å². The van der Waals surface area contributed by atoms with Gasteiger partial charge in [-0.2, -0.15) is 0 Å². The predicted molar refractivity (Wildman–Crippen MR) is 106 cm³/mol. The number of aryl methyl sites for hydroxylation is 1. The second-order valence-electron chi connectivity index (χ2n) is 5.93. The van der Waals surface area contributed by atoms with Crippen molar-refractivity contribution in [2.45, 2.75) is 49.7 Å². The van der Waals surface area contributed by atoms with Gasteiger partial charge >= 0.3 is 6.03 Å². The number of carbonyl (C=O) groups is 2. The number of aromatic nitrogens is 2. The molecular formula is C17H23N5O2S2. The molecule has 0 bridgehead atoms. The number of benzene rings is 1. The van der Waals surface area contributed by atoms with Gasteiger partial charge in [-0.15, -0.1) is 10.2 Å². The molecule has 9 heteroatoms. The number of nitrogens with one attached hydrogen (secondary N) is 3. The topological polar surface area (TPSA) is 96.0 Å². The molecular weight excluding hydrogens is 370 g/mol. The third-order valence-corrected chi connectivity index (χ3v) is 5.35. The SMILES string of the molecule is CCc1ccc(Nc2nnc(S[C@@H](C)C(=O)NC(=O)NC(C)C)s2)cc1. The number of amides is 3. The molecule has 1 aromatic carbocycles. The summed E-state index contributed by atoms with van der Waals surface area (Å²) in [5.74, 6) is -0.368. The standard InChI is InChI=1S/C17H23N5O2S2/c1-5-12-6-8-13(9-7-12)19-16-21-22-17(26-16)25-11(4)14(23)20-15(24)18-10(2)3/h6-11H,5H2,1-4H3,(H,19,21)(H2,18,20,23,24)/t11-/m0/s1. The van der Waals surface area contributed by atoms with E-state index in [2.05, 4.69) is 45.2 Å². The van der Waals surface area contributed by atoms with Crippen LogP contribution in [0.2, 0.25) is 0 Å². The zero-order chi connectivity index (χ0) is 19.1. The Kier molecular flexibility index (Phi) is 7.40. The van der Waals surface area contributed by atoms with Gasteiger partial charge in [0.15, 0.2) is 4.34 Å². The lowest BCUT2D eigenvalue weighted by molar-refractivity contribution is -0.119. The lowest BCUT2D eigenvalue weighted by Gasteiger charge is -2.11. The largest absolute Gasteiger partial charge is 0.336 e. The van der Waals surface area contributed by atoms with Gasteiger partial charge < -0.3 is 10.6 Å². The van der Waals surface area contributed by atoms with Crippen LogP contribution in [0.3, 0.4) is 0 Å². The molecule has 1 aromatic heterocycles. The minimum Gasteiger partial charge on any atom is -0.336 e. The molecule has 0 saturated heterocycles. The fraction of sp³-hybridized carbons (Fsp3) is 0.412. The molecule has 0 aliphatic carbocycles. The van der Waals surface area contributed by atoms with Crippen molar-refractivity contribution in [2.24, 2.45) is 0 Å². The molecule has 1 heterocycles. The average molecular weight is 394 g/mol. The summed E-state index contributed by atoms with van der Waals surface area (Å²) in [5.41, 5.74) is 2.21. The van der Waals surface area contributed by atoms with E-state index in [1.807, 2.05) is 26.0 Å². The van der Waals surface area contributed by atoms with Crippen molar-refractivity contribution in [3.8, 4) is 0 Å². The van der Waals surface area contributed by atoms with E-state index in [9.17, 15) is 9.59 Å². The maximum absolute atomic E-state index is 12.0. The summed E-state index contributed by atoms with van der Waals surface area (Å²) < 4.78 is 0.657. The highest BCUT2D eigenvalue weighted by atomic mass is 32.2. The third-order valence-electron chi connectivity index (χ3n) is 3.32. The van der Waals surface area contributed by atoms with Gasteiger partial charge in [0.2, 0.25) is 11.0 Å². The Labute approximate surface area is 161 Å². The number of hydrogen-bond acceptors (Lipinski definition) is 7. The van der Waals surface area contributed by atoms with Gasteiger partial charge in [0.1, 0.15) is 0 Å². The lowest BCUT2D eigenvalue weighted by Crippen LogP contribution is -2.45. The van der Waals surface area contributed by atoms with E-state index in [1.165, 1.54) is 28.7 Å². The highest BCUT2D eigenvalue weighted by Crippen LogP contribution is 2.30. The van der Waals surface area contributed by atoms with Gasteiger partial charge in [-0.25, -0.2) is 4.79 Å². The Hall–Kier alpha value is -2.13. The summed E-state index contributed by atoms with van der Waals surface area (Å²) in [6.07, 6.45) is 0.995. The summed E-state index contributed by atoms with van der Waals surface area (Å²) in [4.78, 5) is 23.6. The quantitative estimate of drug-likeness (QED) is 0.623. The zero-order valence-corrected chi connectivity index (χ0v) is 16.8. The van der Waals surface area contributed by atoms with Crippen LogP contribution in [0.5, 0.6) is 0 Å². The Balaban J connectivity index is 1.88. The van der Waals surface area contributed by atoms with Gasteiger partial charge in [-0.1, -0.05) is 42.2 Å². The van der Waals surface area contributed by atoms with Gasteiger partial charge in [0, 0.05) is 11.7 Å². The van der Waals surface area contributed by atoms with Crippen LogP contribution in [0, 0.1) is 0 Å². The summed E-state index contributed by atoms with van der Waals surface area (Å²) in [7, 11) is 0. The summed E-state index contributed by atoms with van der Waals surface area (Å²) in [6, 6.07) is 7.59. The monoisotopic (exact) mass is 393 g/mol. The number of nitrogens with zero attached hydrogens (tertiary/aromatic N) is 2. The number of anilines is 2. The molecule has 0 unspecified atom stereocenters. The smallest absolute Gasteiger partial charge is 0.321 e. The van der Waals surface area contributed by atoms with E-state index in [0.29, 0.717) is 9.47 Å². The first-order valence-corrected chi connectivity index (χ1v) is 10.0. The Morgan fingerprint density at radius 1 is 1.15 bits per heavy atom. The van der Waals surface area contributed by atoms with Gasteiger partial charge in [-0.3, -0.25) is 10.1 Å². The van der Waals surface area contributed by atoms with Gasteiger partial charge in [0.25, 0.3) is 0 Å². The number of hydrogen-bond donors (Lipinski definition) is 3. The fourth-order valence-corrected chi connectivity index (χ4v) is 3.89. The van der Waals surface area contributed by atoms with Gasteiger partial charge in [0.05, 0.1) is 5.25 Å². The van der Waals surface area contributed by atoms with Crippen molar-refractivity contribution >= 4 is 45.9 Å². The van der Waals surface area contributed by atoms with E-state index in [-0.39, 0.29) is 11.9 Å². The van der Waals surface area contributed by atoms with Crippen LogP contribution in [0.15, 0.2) is 28.6 Å². The number of urea groups is 1. The molecule has 2 aromatic rings. The van der Waals surface area contributed by atoms with Crippen LogP contribution in [-0.4, -0.2) is 33.4 Å². The second-order valence-corrected chi connectivity index (χ2v) is 8.49. The maximum atomic E-state index is 12.0. The highest BCUT2D eigenvalue weighted by Gasteiger charge is 2.19. The van der Waals surface area contributed by atoms with Gasteiger partial charge in [-0.05, 0) is 44.9 Å². The Bertz CT molecular complexity index is 746. The molecule has 0 aliphatic heterocycles. The Morgan fingerprint density at radius 3 is 2.46 bits per heavy atom. The number of thioether (sulfide) groups is 1. The molecule has 7 nitrogen and oxygen atoms in total. The lowest BCUT2D eigenvalue weighted by atomic mass is 10.1. The van der Waals surface area contributed by atoms with Crippen LogP contribution in [0.25, 0.3) is 0 Å². The molecule has 2 rings (SSSR count). The predicted octanol–water partition coefficient (Wildman–Crippen LogP) is 3.56. The summed E-state index contributed by atoms with van der Waals surface area (Å²) in [5, 5.41) is 16.5. The first-order chi connectivity index (χ1) is 12.4. The molecule has 0 radical (unpaired) electrons. The number of carbonyl (C=O) groups excluding carboxylic acids is 2. The highest BCUT2D eigenvalue weighted by molar-refractivity contribution is 8.02.